The first-order chi connectivity index (χ1) is 14.3. The minimum absolute atomic E-state index is 0.0674. The molecular weight excluding hydrogens is 400 g/mol. The fraction of sp³-hybridized carbons (Fsp3) is 0.348. The van der Waals surface area contributed by atoms with Gasteiger partial charge in [-0.25, -0.2) is 0 Å². The first-order valence-electron chi connectivity index (χ1n) is 10.1. The number of rotatable bonds is 6. The fourth-order valence-electron chi connectivity index (χ4n) is 4.39. The number of carbonyl (C=O) groups excluding carboxylic acids is 2. The third-order valence-corrected chi connectivity index (χ3v) is 7.23. The minimum atomic E-state index is -0.942. The molecule has 4 rings (SSSR count). The van der Waals surface area contributed by atoms with E-state index in [-0.39, 0.29) is 29.6 Å². The monoisotopic (exact) mass is 424 g/mol. The number of nitrogens with one attached hydrogen (secondary N) is 2. The molecule has 156 valence electrons. The van der Waals surface area contributed by atoms with Crippen molar-refractivity contribution >= 4 is 39.8 Å². The van der Waals surface area contributed by atoms with Gasteiger partial charge in [-0.15, -0.1) is 11.3 Å². The normalized spacial score (nSPS) is 24.2. The van der Waals surface area contributed by atoms with Gasteiger partial charge in [-0.2, -0.15) is 0 Å². The maximum atomic E-state index is 13.1. The van der Waals surface area contributed by atoms with Gasteiger partial charge >= 0.3 is 5.97 Å². The zero-order valence-corrected chi connectivity index (χ0v) is 17.6. The molecule has 2 aliphatic carbocycles. The van der Waals surface area contributed by atoms with Crippen molar-refractivity contribution in [2.24, 2.45) is 23.7 Å². The van der Waals surface area contributed by atoms with E-state index >= 15 is 0 Å². The molecule has 30 heavy (non-hydrogen) atoms. The summed E-state index contributed by atoms with van der Waals surface area (Å²) in [7, 11) is 0. The Kier molecular flexibility index (Phi) is 5.47. The number of para-hydroxylation sites is 1. The maximum absolute atomic E-state index is 13.1. The van der Waals surface area contributed by atoms with E-state index in [0.29, 0.717) is 22.7 Å². The summed E-state index contributed by atoms with van der Waals surface area (Å²) < 4.78 is 0. The van der Waals surface area contributed by atoms with E-state index in [1.165, 1.54) is 11.3 Å². The lowest BCUT2D eigenvalue weighted by Gasteiger charge is -2.23. The second-order valence-electron chi connectivity index (χ2n) is 8.19. The molecule has 2 bridgehead atoms. The van der Waals surface area contributed by atoms with Gasteiger partial charge in [0.05, 0.1) is 17.4 Å². The quantitative estimate of drug-likeness (QED) is 0.591. The van der Waals surface area contributed by atoms with Gasteiger partial charge in [-0.05, 0) is 42.4 Å². The molecule has 1 aromatic heterocycles. The Morgan fingerprint density at radius 2 is 1.70 bits per heavy atom. The Bertz CT molecular complexity index is 1010. The first kappa shape index (κ1) is 20.3. The summed E-state index contributed by atoms with van der Waals surface area (Å²) in [5.74, 6) is -2.88. The van der Waals surface area contributed by atoms with Gasteiger partial charge in [-0.1, -0.05) is 44.2 Å². The Morgan fingerprint density at radius 3 is 2.33 bits per heavy atom. The van der Waals surface area contributed by atoms with Crippen molar-refractivity contribution < 1.29 is 19.5 Å². The summed E-state index contributed by atoms with van der Waals surface area (Å²) >= 11 is 1.37. The third kappa shape index (κ3) is 3.77. The number of hydrogen-bond donors (Lipinski definition) is 3. The van der Waals surface area contributed by atoms with Crippen LogP contribution in [-0.2, 0) is 9.59 Å². The van der Waals surface area contributed by atoms with Gasteiger partial charge in [0.2, 0.25) is 5.91 Å². The van der Waals surface area contributed by atoms with Crippen molar-refractivity contribution in [2.45, 2.75) is 26.2 Å². The van der Waals surface area contributed by atoms with Crippen LogP contribution < -0.4 is 10.6 Å². The van der Waals surface area contributed by atoms with Gasteiger partial charge in [0.15, 0.2) is 0 Å². The molecule has 4 atom stereocenters. The fourth-order valence-corrected chi connectivity index (χ4v) is 5.45. The van der Waals surface area contributed by atoms with Crippen LogP contribution in [0.2, 0.25) is 0 Å². The topological polar surface area (TPSA) is 95.5 Å². The molecule has 7 heteroatoms. The highest BCUT2D eigenvalue weighted by Gasteiger charge is 2.51. The zero-order chi connectivity index (χ0) is 21.4. The lowest BCUT2D eigenvalue weighted by atomic mass is 9.82. The summed E-state index contributed by atoms with van der Waals surface area (Å²) in [6.45, 7) is 4.05. The number of hydrogen-bond acceptors (Lipinski definition) is 4. The second-order valence-corrected chi connectivity index (χ2v) is 9.28. The van der Waals surface area contributed by atoms with Crippen LogP contribution in [-0.4, -0.2) is 22.9 Å². The van der Waals surface area contributed by atoms with Gasteiger partial charge < -0.3 is 15.7 Å². The summed E-state index contributed by atoms with van der Waals surface area (Å²) in [6.07, 6.45) is 4.55. The SMILES string of the molecule is CC(C)c1cc(C(=O)Nc2ccccc2)c(NC(=O)[C@H]2[C@H](C(=O)O)[C@H]3C=C[C@H]2C3)s1. The van der Waals surface area contributed by atoms with E-state index in [1.54, 1.807) is 18.2 Å². The molecule has 0 unspecified atom stereocenters. The highest BCUT2D eigenvalue weighted by molar-refractivity contribution is 7.16. The summed E-state index contributed by atoms with van der Waals surface area (Å²) in [5, 5.41) is 15.8. The average molecular weight is 425 g/mol. The highest BCUT2D eigenvalue weighted by Crippen LogP contribution is 2.48. The van der Waals surface area contributed by atoms with E-state index in [1.807, 2.05) is 44.2 Å². The van der Waals surface area contributed by atoms with Crippen LogP contribution in [0.15, 0.2) is 48.6 Å². The summed E-state index contributed by atoms with van der Waals surface area (Å²) in [5.41, 5.74) is 1.06. The number of thiophene rings is 1. The Morgan fingerprint density at radius 1 is 1.03 bits per heavy atom. The van der Waals surface area contributed by atoms with E-state index in [4.69, 9.17) is 0 Å². The Hall–Kier alpha value is -2.93. The molecule has 1 aromatic carbocycles. The number of carboxylic acid groups (broad SMARTS) is 1. The molecular formula is C23H24N2O4S. The predicted molar refractivity (Wildman–Crippen MR) is 117 cm³/mol. The zero-order valence-electron chi connectivity index (χ0n) is 16.8. The summed E-state index contributed by atoms with van der Waals surface area (Å²) in [6, 6.07) is 10.9. The lowest BCUT2D eigenvalue weighted by molar-refractivity contribution is -0.146. The molecule has 1 heterocycles. The first-order valence-corrected chi connectivity index (χ1v) is 10.9. The predicted octanol–water partition coefficient (Wildman–Crippen LogP) is 4.59. The number of anilines is 2. The van der Waals surface area contributed by atoms with Crippen molar-refractivity contribution in [3.05, 3.63) is 59.0 Å². The number of fused-ring (bicyclic) bond motifs is 2. The molecule has 0 saturated heterocycles. The van der Waals surface area contributed by atoms with Crippen LogP contribution >= 0.6 is 11.3 Å². The van der Waals surface area contributed by atoms with Gasteiger partial charge in [0.25, 0.3) is 5.91 Å². The number of benzene rings is 1. The standard InChI is InChI=1S/C23H24N2O4S/c1-12(2)17-11-16(20(26)24-15-6-4-3-5-7-15)22(30-17)25-21(27)18-13-8-9-14(10-13)19(18)23(28)29/h3-9,11-14,18-19H,10H2,1-2H3,(H,24,26)(H,25,27)(H,28,29)/t13-,14-,18+,19+/m0/s1. The van der Waals surface area contributed by atoms with E-state index in [9.17, 15) is 19.5 Å². The number of amides is 2. The van der Waals surface area contributed by atoms with Crippen LogP contribution in [0.1, 0.15) is 41.4 Å². The molecule has 1 fully saturated rings. The van der Waals surface area contributed by atoms with Crippen molar-refractivity contribution in [1.82, 2.24) is 0 Å². The summed E-state index contributed by atoms with van der Waals surface area (Å²) in [4.78, 5) is 38.7. The lowest BCUT2D eigenvalue weighted by Crippen LogP contribution is -2.36. The molecule has 2 amide bonds. The van der Waals surface area contributed by atoms with Gasteiger partial charge in [0.1, 0.15) is 5.00 Å². The molecule has 3 N–H and O–H groups in total. The molecule has 0 aliphatic heterocycles. The Labute approximate surface area is 179 Å². The van der Waals surface area contributed by atoms with Crippen LogP contribution in [0.5, 0.6) is 0 Å². The number of carboxylic acids is 1. The average Bonchev–Trinajstić information content (AvgIpc) is 3.42. The highest BCUT2D eigenvalue weighted by atomic mass is 32.1. The Balaban J connectivity index is 1.59. The smallest absolute Gasteiger partial charge is 0.307 e. The molecule has 0 radical (unpaired) electrons. The van der Waals surface area contributed by atoms with Crippen LogP contribution in [0, 0.1) is 23.7 Å². The second kappa shape index (κ2) is 8.07. The number of allylic oxidation sites excluding steroid dienone is 2. The largest absolute Gasteiger partial charge is 0.481 e. The molecule has 6 nitrogen and oxygen atoms in total. The number of carbonyl (C=O) groups is 3. The van der Waals surface area contributed by atoms with Crippen LogP contribution in [0.3, 0.4) is 0 Å². The van der Waals surface area contributed by atoms with Crippen molar-refractivity contribution in [3.8, 4) is 0 Å². The maximum Gasteiger partial charge on any atom is 0.307 e. The van der Waals surface area contributed by atoms with Crippen molar-refractivity contribution in [3.63, 3.8) is 0 Å². The molecule has 2 aromatic rings. The van der Waals surface area contributed by atoms with Crippen molar-refractivity contribution in [2.75, 3.05) is 10.6 Å². The minimum Gasteiger partial charge on any atom is -0.481 e. The van der Waals surface area contributed by atoms with Crippen molar-refractivity contribution in [1.29, 1.82) is 0 Å². The number of aliphatic carboxylic acids is 1. The molecule has 1 saturated carbocycles. The van der Waals surface area contributed by atoms with Gasteiger partial charge in [-0.3, -0.25) is 14.4 Å². The van der Waals surface area contributed by atoms with E-state index < -0.39 is 17.8 Å². The molecule has 0 spiro atoms. The van der Waals surface area contributed by atoms with Crippen LogP contribution in [0.4, 0.5) is 10.7 Å². The van der Waals surface area contributed by atoms with Gasteiger partial charge in [0, 0.05) is 10.6 Å². The van der Waals surface area contributed by atoms with E-state index in [2.05, 4.69) is 10.6 Å². The van der Waals surface area contributed by atoms with E-state index in [0.717, 1.165) is 4.88 Å². The van der Waals surface area contributed by atoms with Crippen LogP contribution in [0.25, 0.3) is 0 Å². The third-order valence-electron chi connectivity index (χ3n) is 5.88. The molecule has 2 aliphatic rings.